The maximum absolute atomic E-state index is 11.1. The number of carboxylic acids is 2. The molecule has 0 bridgehead atoms. The van der Waals surface area contributed by atoms with Crippen LogP contribution in [0.5, 0.6) is 0 Å². The molecule has 2 aromatic carbocycles. The normalized spacial score (nSPS) is 11.3. The van der Waals surface area contributed by atoms with Crippen LogP contribution in [0.2, 0.25) is 0 Å². The lowest BCUT2D eigenvalue weighted by molar-refractivity contribution is 0.0685. The van der Waals surface area contributed by atoms with E-state index in [1.165, 1.54) is 0 Å². The molecule has 4 heteroatoms. The molecule has 2 N–H and O–H groups in total. The second-order valence-electron chi connectivity index (χ2n) is 6.29. The lowest BCUT2D eigenvalue weighted by Gasteiger charge is -2.27. The molecule has 4 nitrogen and oxygen atoms in total. The highest BCUT2D eigenvalue weighted by Gasteiger charge is 2.25. The fraction of sp³-hybridized carbons (Fsp3) is 0.263. The van der Waals surface area contributed by atoms with Crippen molar-refractivity contribution in [3.63, 3.8) is 0 Å². The van der Waals surface area contributed by atoms with Crippen LogP contribution in [0, 0.1) is 13.8 Å². The molecule has 120 valence electrons. The first kappa shape index (κ1) is 16.7. The third kappa shape index (κ3) is 3.11. The molecule has 2 aromatic rings. The molecule has 0 spiro atoms. The zero-order chi connectivity index (χ0) is 17.4. The van der Waals surface area contributed by atoms with Gasteiger partial charge in [-0.3, -0.25) is 0 Å². The van der Waals surface area contributed by atoms with E-state index in [1.807, 2.05) is 38.1 Å². The van der Waals surface area contributed by atoms with E-state index in [0.717, 1.165) is 11.1 Å². The molecule has 0 saturated carbocycles. The number of aryl methyl sites for hydroxylation is 2. The maximum atomic E-state index is 11.1. The zero-order valence-electron chi connectivity index (χ0n) is 13.7. The van der Waals surface area contributed by atoms with Crippen molar-refractivity contribution >= 4 is 11.9 Å². The lowest BCUT2D eigenvalue weighted by Crippen LogP contribution is -2.20. The van der Waals surface area contributed by atoms with E-state index in [1.54, 1.807) is 26.0 Å². The highest BCUT2D eigenvalue weighted by Crippen LogP contribution is 2.33. The Kier molecular flexibility index (Phi) is 4.28. The number of carbonyl (C=O) groups is 2. The van der Waals surface area contributed by atoms with Gasteiger partial charge < -0.3 is 10.2 Å². The second-order valence-corrected chi connectivity index (χ2v) is 6.29. The minimum absolute atomic E-state index is 0.293. The molecule has 0 aromatic heterocycles. The topological polar surface area (TPSA) is 74.6 Å². The molecule has 0 aliphatic carbocycles. The molecule has 0 fully saturated rings. The van der Waals surface area contributed by atoms with E-state index in [9.17, 15) is 9.59 Å². The van der Waals surface area contributed by atoms with Crippen molar-refractivity contribution in [3.05, 3.63) is 69.8 Å². The van der Waals surface area contributed by atoms with Gasteiger partial charge in [0.2, 0.25) is 0 Å². The Morgan fingerprint density at radius 1 is 0.783 bits per heavy atom. The van der Waals surface area contributed by atoms with Gasteiger partial charge >= 0.3 is 11.9 Å². The molecule has 0 unspecified atom stereocenters. The molecular formula is C19H20O4. The van der Waals surface area contributed by atoms with E-state index in [-0.39, 0.29) is 5.41 Å². The molecule has 0 amide bonds. The van der Waals surface area contributed by atoms with Gasteiger partial charge in [0.1, 0.15) is 0 Å². The van der Waals surface area contributed by atoms with Gasteiger partial charge in [0.25, 0.3) is 0 Å². The van der Waals surface area contributed by atoms with Gasteiger partial charge in [-0.2, -0.15) is 0 Å². The van der Waals surface area contributed by atoms with Crippen molar-refractivity contribution in [1.29, 1.82) is 0 Å². The Bertz CT molecular complexity index is 722. The van der Waals surface area contributed by atoms with Crippen LogP contribution in [0.3, 0.4) is 0 Å². The minimum atomic E-state index is -0.937. The molecule has 0 aliphatic rings. The van der Waals surface area contributed by atoms with Gasteiger partial charge in [-0.1, -0.05) is 38.1 Å². The van der Waals surface area contributed by atoms with E-state index >= 15 is 0 Å². The van der Waals surface area contributed by atoms with Gasteiger partial charge in [0.15, 0.2) is 0 Å². The quantitative estimate of drug-likeness (QED) is 0.894. The van der Waals surface area contributed by atoms with Crippen LogP contribution < -0.4 is 0 Å². The number of rotatable bonds is 4. The van der Waals surface area contributed by atoms with Crippen molar-refractivity contribution in [1.82, 2.24) is 0 Å². The third-order valence-electron chi connectivity index (χ3n) is 4.36. The summed E-state index contributed by atoms with van der Waals surface area (Å²) in [5.41, 5.74) is 3.63. The zero-order valence-corrected chi connectivity index (χ0v) is 13.7. The third-order valence-corrected chi connectivity index (χ3v) is 4.36. The first-order valence-electron chi connectivity index (χ1n) is 7.33. The Hall–Kier alpha value is -2.62. The standard InChI is InChI=1S/C19H20O4/c1-11-9-13(5-7-15(11)17(20)21)19(3,4)14-6-8-16(18(22)23)12(2)10-14/h5-10H,1-4H3,(H,20,21)(H,22,23). The van der Waals surface area contributed by atoms with Crippen molar-refractivity contribution < 1.29 is 19.8 Å². The second kappa shape index (κ2) is 5.88. The first-order chi connectivity index (χ1) is 10.6. The number of carboxylic acid groups (broad SMARTS) is 2. The molecule has 2 rings (SSSR count). The van der Waals surface area contributed by atoms with Crippen LogP contribution in [0.1, 0.15) is 56.8 Å². The summed E-state index contributed by atoms with van der Waals surface area (Å²) in [6, 6.07) is 10.6. The van der Waals surface area contributed by atoms with Gasteiger partial charge in [-0.15, -0.1) is 0 Å². The fourth-order valence-corrected chi connectivity index (χ4v) is 2.75. The number of hydrogen-bond acceptors (Lipinski definition) is 2. The lowest BCUT2D eigenvalue weighted by atomic mass is 9.76. The number of aromatic carboxylic acids is 2. The van der Waals surface area contributed by atoms with Crippen LogP contribution in [0.4, 0.5) is 0 Å². The highest BCUT2D eigenvalue weighted by atomic mass is 16.4. The fourth-order valence-electron chi connectivity index (χ4n) is 2.75. The van der Waals surface area contributed by atoms with Gasteiger partial charge in [0, 0.05) is 5.41 Å². The Balaban J connectivity index is 2.50. The summed E-state index contributed by atoms with van der Waals surface area (Å²) in [4.78, 5) is 22.3. The monoisotopic (exact) mass is 312 g/mol. The molecule has 0 heterocycles. The highest BCUT2D eigenvalue weighted by molar-refractivity contribution is 5.90. The predicted molar refractivity (Wildman–Crippen MR) is 88.4 cm³/mol. The summed E-state index contributed by atoms with van der Waals surface area (Å²) in [7, 11) is 0. The van der Waals surface area contributed by atoms with E-state index in [2.05, 4.69) is 0 Å². The van der Waals surface area contributed by atoms with Gasteiger partial charge in [-0.05, 0) is 48.2 Å². The summed E-state index contributed by atoms with van der Waals surface area (Å²) < 4.78 is 0. The average molecular weight is 312 g/mol. The smallest absolute Gasteiger partial charge is 0.335 e. The minimum Gasteiger partial charge on any atom is -0.478 e. The molecule has 0 saturated heterocycles. The molecule has 0 aliphatic heterocycles. The van der Waals surface area contributed by atoms with Crippen molar-refractivity contribution in [2.24, 2.45) is 0 Å². The predicted octanol–water partition coefficient (Wildman–Crippen LogP) is 4.03. The first-order valence-corrected chi connectivity index (χ1v) is 7.33. The van der Waals surface area contributed by atoms with Crippen molar-refractivity contribution in [2.45, 2.75) is 33.1 Å². The Labute approximate surface area is 135 Å². The van der Waals surface area contributed by atoms with Crippen molar-refractivity contribution in [3.8, 4) is 0 Å². The van der Waals surface area contributed by atoms with Gasteiger partial charge in [0.05, 0.1) is 11.1 Å². The molecule has 23 heavy (non-hydrogen) atoms. The van der Waals surface area contributed by atoms with Crippen molar-refractivity contribution in [2.75, 3.05) is 0 Å². The summed E-state index contributed by atoms with van der Waals surface area (Å²) in [5.74, 6) is -1.87. The summed E-state index contributed by atoms with van der Waals surface area (Å²) in [5, 5.41) is 18.3. The van der Waals surface area contributed by atoms with E-state index in [4.69, 9.17) is 10.2 Å². The van der Waals surface area contributed by atoms with Crippen LogP contribution in [0.25, 0.3) is 0 Å². The Morgan fingerprint density at radius 3 is 1.39 bits per heavy atom. The largest absolute Gasteiger partial charge is 0.478 e. The van der Waals surface area contributed by atoms with E-state index in [0.29, 0.717) is 22.3 Å². The molecule has 0 atom stereocenters. The summed E-state index contributed by atoms with van der Waals surface area (Å²) >= 11 is 0. The summed E-state index contributed by atoms with van der Waals surface area (Å²) in [6.45, 7) is 7.64. The number of hydrogen-bond donors (Lipinski definition) is 2. The average Bonchev–Trinajstić information content (AvgIpc) is 2.46. The SMILES string of the molecule is Cc1cc(C(C)(C)c2ccc(C(=O)O)c(C)c2)ccc1C(=O)O. The van der Waals surface area contributed by atoms with Crippen LogP contribution >= 0.6 is 0 Å². The van der Waals surface area contributed by atoms with E-state index < -0.39 is 11.9 Å². The Morgan fingerprint density at radius 2 is 1.13 bits per heavy atom. The number of benzene rings is 2. The van der Waals surface area contributed by atoms with Gasteiger partial charge in [-0.25, -0.2) is 9.59 Å². The van der Waals surface area contributed by atoms with Crippen LogP contribution in [-0.2, 0) is 5.41 Å². The van der Waals surface area contributed by atoms with Crippen LogP contribution in [-0.4, -0.2) is 22.2 Å². The maximum Gasteiger partial charge on any atom is 0.335 e. The molecular weight excluding hydrogens is 292 g/mol. The summed E-state index contributed by atoms with van der Waals surface area (Å²) in [6.07, 6.45) is 0. The van der Waals surface area contributed by atoms with Crippen LogP contribution in [0.15, 0.2) is 36.4 Å². The molecule has 0 radical (unpaired) electrons.